The molecule has 23 heavy (non-hydrogen) atoms. The van der Waals surface area contributed by atoms with E-state index in [1.54, 1.807) is 42.3 Å². The third-order valence-electron chi connectivity index (χ3n) is 4.02. The van der Waals surface area contributed by atoms with Crippen molar-refractivity contribution in [3.63, 3.8) is 0 Å². The van der Waals surface area contributed by atoms with E-state index in [0.717, 1.165) is 5.69 Å². The van der Waals surface area contributed by atoms with E-state index in [9.17, 15) is 13.2 Å². The maximum atomic E-state index is 12.6. The molecule has 0 bridgehead atoms. The molecule has 0 radical (unpaired) electrons. The maximum absolute atomic E-state index is 12.6. The number of amides is 1. The summed E-state index contributed by atoms with van der Waals surface area (Å²) in [6.45, 7) is 0.943. The zero-order valence-electron chi connectivity index (χ0n) is 13.3. The number of nitrogens with one attached hydrogen (secondary N) is 1. The average Bonchev–Trinajstić information content (AvgIpc) is 2.74. The van der Waals surface area contributed by atoms with Crippen LogP contribution < -0.4 is 9.62 Å². The van der Waals surface area contributed by atoms with Crippen molar-refractivity contribution in [2.75, 3.05) is 39.1 Å². The Balaban J connectivity index is 2.09. The van der Waals surface area contributed by atoms with Gasteiger partial charge in [-0.05, 0) is 32.3 Å². The first-order chi connectivity index (χ1) is 10.8. The Morgan fingerprint density at radius 3 is 2.61 bits per heavy atom. The highest BCUT2D eigenvalue weighted by Crippen LogP contribution is 2.39. The topological polar surface area (TPSA) is 69.7 Å². The summed E-state index contributed by atoms with van der Waals surface area (Å²) in [6.07, 6.45) is 0. The van der Waals surface area contributed by atoms with Crippen LogP contribution in [0.5, 0.6) is 0 Å². The molecular weight excluding hydrogens is 314 g/mol. The lowest BCUT2D eigenvalue weighted by Gasteiger charge is -2.14. The number of nitrogens with zero attached hydrogens (tertiary/aromatic N) is 2. The average molecular weight is 333 g/mol. The number of carbonyl (C=O) groups is 1. The van der Waals surface area contributed by atoms with Crippen LogP contribution in [0.25, 0.3) is 10.8 Å². The summed E-state index contributed by atoms with van der Waals surface area (Å²) >= 11 is 0. The molecule has 1 aliphatic heterocycles. The SMILES string of the molecule is CN(C)CCNS(=O)(=O)c1ccc2c3c(cccc13)C(=O)N2C. The molecule has 0 spiro atoms. The van der Waals surface area contributed by atoms with Crippen LogP contribution in [0.4, 0.5) is 5.69 Å². The first-order valence-corrected chi connectivity index (χ1v) is 8.79. The van der Waals surface area contributed by atoms with Crippen LogP contribution in [-0.4, -0.2) is 53.5 Å². The minimum absolute atomic E-state index is 0.110. The molecule has 0 saturated carbocycles. The van der Waals surface area contributed by atoms with Crippen molar-refractivity contribution in [2.45, 2.75) is 4.90 Å². The Morgan fingerprint density at radius 2 is 1.91 bits per heavy atom. The lowest BCUT2D eigenvalue weighted by Crippen LogP contribution is -2.31. The standard InChI is InChI=1S/C16H19N3O3S/c1-18(2)10-9-17-23(21,22)14-8-7-13-15-11(14)5-4-6-12(15)16(20)19(13)3/h4-8,17H,9-10H2,1-3H3. The van der Waals surface area contributed by atoms with Crippen LogP contribution in [-0.2, 0) is 10.0 Å². The van der Waals surface area contributed by atoms with Gasteiger partial charge in [-0.2, -0.15) is 0 Å². The van der Waals surface area contributed by atoms with E-state index in [1.165, 1.54) is 0 Å². The molecule has 7 heteroatoms. The van der Waals surface area contributed by atoms with Gasteiger partial charge in [-0.1, -0.05) is 12.1 Å². The molecule has 3 rings (SSSR count). The van der Waals surface area contributed by atoms with E-state index < -0.39 is 10.0 Å². The third-order valence-corrected chi connectivity index (χ3v) is 5.53. The monoisotopic (exact) mass is 333 g/mol. The van der Waals surface area contributed by atoms with Crippen LogP contribution in [0.15, 0.2) is 35.2 Å². The quantitative estimate of drug-likeness (QED) is 0.895. The smallest absolute Gasteiger partial charge is 0.258 e. The van der Waals surface area contributed by atoms with Crippen LogP contribution >= 0.6 is 0 Å². The van der Waals surface area contributed by atoms with Crippen molar-refractivity contribution in [1.82, 2.24) is 9.62 Å². The molecule has 1 N–H and O–H groups in total. The van der Waals surface area contributed by atoms with Crippen LogP contribution in [0, 0.1) is 0 Å². The van der Waals surface area contributed by atoms with Crippen molar-refractivity contribution in [1.29, 1.82) is 0 Å². The predicted molar refractivity (Wildman–Crippen MR) is 90.4 cm³/mol. The number of benzene rings is 2. The maximum Gasteiger partial charge on any atom is 0.258 e. The zero-order chi connectivity index (χ0) is 16.8. The van der Waals surface area contributed by atoms with E-state index in [1.807, 2.05) is 19.0 Å². The summed E-state index contributed by atoms with van der Waals surface area (Å²) in [5, 5.41) is 1.28. The molecule has 1 heterocycles. The van der Waals surface area contributed by atoms with Gasteiger partial charge in [0.05, 0.1) is 10.6 Å². The van der Waals surface area contributed by atoms with E-state index >= 15 is 0 Å². The van der Waals surface area contributed by atoms with Gasteiger partial charge in [0, 0.05) is 36.5 Å². The number of hydrogen-bond acceptors (Lipinski definition) is 4. The summed E-state index contributed by atoms with van der Waals surface area (Å²) in [5.74, 6) is -0.110. The number of anilines is 1. The lowest BCUT2D eigenvalue weighted by molar-refractivity contribution is 0.0999. The minimum Gasteiger partial charge on any atom is -0.311 e. The van der Waals surface area contributed by atoms with E-state index in [2.05, 4.69) is 4.72 Å². The van der Waals surface area contributed by atoms with Gasteiger partial charge >= 0.3 is 0 Å². The van der Waals surface area contributed by atoms with E-state index in [-0.39, 0.29) is 10.8 Å². The fraction of sp³-hybridized carbons (Fsp3) is 0.312. The molecule has 122 valence electrons. The lowest BCUT2D eigenvalue weighted by atomic mass is 10.1. The molecule has 2 aromatic rings. The van der Waals surface area contributed by atoms with Crippen LogP contribution in [0.3, 0.4) is 0 Å². The summed E-state index contributed by atoms with van der Waals surface area (Å²) in [7, 11) is 1.83. The first kappa shape index (κ1) is 15.9. The van der Waals surface area contributed by atoms with Gasteiger partial charge in [0.1, 0.15) is 0 Å². The summed E-state index contributed by atoms with van der Waals surface area (Å²) in [6, 6.07) is 8.45. The first-order valence-electron chi connectivity index (χ1n) is 7.31. The second-order valence-corrected chi connectivity index (χ2v) is 7.61. The highest BCUT2D eigenvalue weighted by molar-refractivity contribution is 7.89. The normalized spacial score (nSPS) is 14.3. The van der Waals surface area contributed by atoms with Gasteiger partial charge in [-0.3, -0.25) is 4.79 Å². The minimum atomic E-state index is -3.63. The molecule has 0 saturated heterocycles. The van der Waals surface area contributed by atoms with Gasteiger partial charge in [-0.25, -0.2) is 13.1 Å². The van der Waals surface area contributed by atoms with Gasteiger partial charge < -0.3 is 9.80 Å². The second kappa shape index (κ2) is 5.59. The number of likely N-dealkylation sites (N-methyl/N-ethyl adjacent to an activating group) is 1. The van der Waals surface area contributed by atoms with Gasteiger partial charge in [-0.15, -0.1) is 0 Å². The number of sulfonamides is 1. The van der Waals surface area contributed by atoms with Crippen molar-refractivity contribution < 1.29 is 13.2 Å². The Bertz CT molecular complexity index is 891. The van der Waals surface area contributed by atoms with E-state index in [4.69, 9.17) is 0 Å². The fourth-order valence-corrected chi connectivity index (χ4v) is 4.05. The van der Waals surface area contributed by atoms with Gasteiger partial charge in [0.15, 0.2) is 0 Å². The number of hydrogen-bond donors (Lipinski definition) is 1. The Morgan fingerprint density at radius 1 is 1.17 bits per heavy atom. The van der Waals surface area contributed by atoms with Crippen molar-refractivity contribution >= 4 is 32.4 Å². The van der Waals surface area contributed by atoms with Crippen LogP contribution in [0.1, 0.15) is 10.4 Å². The van der Waals surface area contributed by atoms with E-state index in [0.29, 0.717) is 29.4 Å². The molecule has 0 fully saturated rings. The van der Waals surface area contributed by atoms with Crippen molar-refractivity contribution in [2.24, 2.45) is 0 Å². The largest absolute Gasteiger partial charge is 0.311 e. The Hall–Kier alpha value is -1.96. The van der Waals surface area contributed by atoms with Gasteiger partial charge in [0.2, 0.25) is 10.0 Å². The highest BCUT2D eigenvalue weighted by Gasteiger charge is 2.29. The van der Waals surface area contributed by atoms with Crippen molar-refractivity contribution in [3.8, 4) is 0 Å². The van der Waals surface area contributed by atoms with Crippen LogP contribution in [0.2, 0.25) is 0 Å². The highest BCUT2D eigenvalue weighted by atomic mass is 32.2. The molecule has 1 aliphatic rings. The fourth-order valence-electron chi connectivity index (χ4n) is 2.82. The molecule has 0 atom stereocenters. The molecule has 2 aromatic carbocycles. The summed E-state index contributed by atoms with van der Waals surface area (Å²) < 4.78 is 27.8. The Labute approximate surface area is 135 Å². The second-order valence-electron chi connectivity index (χ2n) is 5.88. The molecule has 1 amide bonds. The molecule has 0 aromatic heterocycles. The predicted octanol–water partition coefficient (Wildman–Crippen LogP) is 1.27. The zero-order valence-corrected chi connectivity index (χ0v) is 14.1. The molecular formula is C16H19N3O3S. The molecule has 6 nitrogen and oxygen atoms in total. The number of rotatable bonds is 5. The number of carbonyl (C=O) groups excluding carboxylic acids is 1. The van der Waals surface area contributed by atoms with Gasteiger partial charge in [0.25, 0.3) is 5.91 Å². The van der Waals surface area contributed by atoms with Crippen molar-refractivity contribution in [3.05, 3.63) is 35.9 Å². The third kappa shape index (κ3) is 2.60. The summed E-state index contributed by atoms with van der Waals surface area (Å²) in [5.41, 5.74) is 1.29. The summed E-state index contributed by atoms with van der Waals surface area (Å²) in [4.78, 5) is 15.9. The Kier molecular flexibility index (Phi) is 3.87. The molecule has 0 unspecified atom stereocenters. The molecule has 0 aliphatic carbocycles.